The molecule has 9 heteroatoms. The zero-order chi connectivity index (χ0) is 27.4. The first-order valence-electron chi connectivity index (χ1n) is 15.7. The van der Waals surface area contributed by atoms with Crippen molar-refractivity contribution in [1.29, 1.82) is 0 Å². The van der Waals surface area contributed by atoms with Gasteiger partial charge >= 0.3 is 0 Å². The molecule has 4 rings (SSSR count). The third kappa shape index (κ3) is 5.76. The molecule has 0 radical (unpaired) electrons. The van der Waals surface area contributed by atoms with Gasteiger partial charge in [-0.15, -0.1) is 0 Å². The minimum absolute atomic E-state index is 0.115. The molecule has 1 amide bonds. The molecule has 3 heterocycles. The minimum Gasteiger partial charge on any atom is -0.405 e. The topological polar surface area (TPSA) is 60.5 Å². The summed E-state index contributed by atoms with van der Waals surface area (Å²) in [7, 11) is -4.09. The van der Waals surface area contributed by atoms with E-state index in [2.05, 4.69) is 57.4 Å². The lowest BCUT2D eigenvalue weighted by atomic mass is 10.1. The maximum Gasteiger partial charge on any atom is 0.252 e. The Labute approximate surface area is 233 Å². The number of hydrogen-bond donors (Lipinski definition) is 0. The van der Waals surface area contributed by atoms with Crippen molar-refractivity contribution in [3.8, 4) is 0 Å². The summed E-state index contributed by atoms with van der Waals surface area (Å²) in [5.41, 5.74) is 0.726. The standard InChI is InChI=1S/C29H54N2O5Si2/c1-7-37(8-2,9-3)35-26-22-25(28(32)31-19-15-16-24(31)23-30-17-13-14-18-30)27(29(26)33-20-21-34-29)36-38(10-4,11-5)12-6/h22,24,26-27H,7-21,23H2,1-6H3/t24-,26+,27-/m0/s1. The van der Waals surface area contributed by atoms with E-state index in [0.717, 1.165) is 80.9 Å². The Balaban J connectivity index is 1.70. The summed E-state index contributed by atoms with van der Waals surface area (Å²) in [5.74, 6) is -0.936. The highest BCUT2D eigenvalue weighted by Crippen LogP contribution is 2.46. The van der Waals surface area contributed by atoms with Crippen molar-refractivity contribution in [2.75, 3.05) is 39.4 Å². The number of nitrogens with zero attached hydrogens (tertiary/aromatic N) is 2. The molecule has 7 nitrogen and oxygen atoms in total. The second kappa shape index (κ2) is 13.0. The molecule has 4 aliphatic rings. The van der Waals surface area contributed by atoms with Crippen LogP contribution in [-0.2, 0) is 23.1 Å². The van der Waals surface area contributed by atoms with Crippen LogP contribution < -0.4 is 0 Å². The summed E-state index contributed by atoms with van der Waals surface area (Å²) in [6.45, 7) is 18.6. The molecule has 0 N–H and O–H groups in total. The van der Waals surface area contributed by atoms with Crippen molar-refractivity contribution in [1.82, 2.24) is 9.80 Å². The van der Waals surface area contributed by atoms with Gasteiger partial charge in [-0.3, -0.25) is 4.79 Å². The van der Waals surface area contributed by atoms with Crippen molar-refractivity contribution in [3.63, 3.8) is 0 Å². The maximum atomic E-state index is 14.5. The Hall–Kier alpha value is -0.556. The number of rotatable bonds is 13. The van der Waals surface area contributed by atoms with Crippen LogP contribution in [0.2, 0.25) is 36.3 Å². The van der Waals surface area contributed by atoms with E-state index >= 15 is 0 Å². The molecule has 0 aromatic carbocycles. The second-order valence-electron chi connectivity index (χ2n) is 11.9. The number of ether oxygens (including phenoxy) is 2. The molecular formula is C29H54N2O5Si2. The fourth-order valence-electron chi connectivity index (χ4n) is 7.18. The Bertz CT molecular complexity index is 803. The van der Waals surface area contributed by atoms with Gasteiger partial charge < -0.3 is 28.1 Å². The number of hydrogen-bond acceptors (Lipinski definition) is 6. The van der Waals surface area contributed by atoms with Crippen LogP contribution in [0.1, 0.15) is 67.2 Å². The Morgan fingerprint density at radius 3 is 1.97 bits per heavy atom. The molecule has 1 aliphatic carbocycles. The van der Waals surface area contributed by atoms with Gasteiger partial charge in [-0.05, 0) is 81.1 Å². The van der Waals surface area contributed by atoms with E-state index in [1.54, 1.807) is 0 Å². The largest absolute Gasteiger partial charge is 0.405 e. The highest BCUT2D eigenvalue weighted by molar-refractivity contribution is 6.74. The maximum absolute atomic E-state index is 14.5. The van der Waals surface area contributed by atoms with E-state index in [9.17, 15) is 4.79 Å². The van der Waals surface area contributed by atoms with Crippen molar-refractivity contribution in [2.24, 2.45) is 0 Å². The van der Waals surface area contributed by atoms with E-state index in [-0.39, 0.29) is 11.9 Å². The third-order valence-corrected chi connectivity index (χ3v) is 19.5. The number of carbonyl (C=O) groups is 1. The molecule has 38 heavy (non-hydrogen) atoms. The molecule has 0 saturated carbocycles. The summed E-state index contributed by atoms with van der Waals surface area (Å²) in [4.78, 5) is 19.2. The molecule has 0 unspecified atom stereocenters. The van der Waals surface area contributed by atoms with Gasteiger partial charge in [0.1, 0.15) is 12.2 Å². The molecule has 218 valence electrons. The van der Waals surface area contributed by atoms with Crippen molar-refractivity contribution < 1.29 is 23.1 Å². The third-order valence-electron chi connectivity index (χ3n) is 10.3. The first-order chi connectivity index (χ1) is 18.3. The molecule has 1 spiro atoms. The van der Waals surface area contributed by atoms with Gasteiger partial charge in [0.2, 0.25) is 5.79 Å². The molecule has 0 aromatic heterocycles. The summed E-state index contributed by atoms with van der Waals surface area (Å²) in [6.07, 6.45) is 5.83. The summed E-state index contributed by atoms with van der Waals surface area (Å²) < 4.78 is 27.3. The smallest absolute Gasteiger partial charge is 0.252 e. The SMILES string of the molecule is CC[Si](CC)(CC)O[C@@H]1C=C(C(=O)N2CCC[C@H]2CN2CCCC2)[C@H](O[Si](CC)(CC)CC)C12OCCO2. The summed E-state index contributed by atoms with van der Waals surface area (Å²) in [6, 6.07) is 6.42. The molecule has 3 saturated heterocycles. The van der Waals surface area contributed by atoms with Crippen molar-refractivity contribution in [3.05, 3.63) is 11.6 Å². The van der Waals surface area contributed by atoms with Gasteiger partial charge in [-0.25, -0.2) is 0 Å². The number of carbonyl (C=O) groups excluding carboxylic acids is 1. The molecule has 0 aromatic rings. The molecule has 3 fully saturated rings. The first kappa shape index (κ1) is 30.4. The quantitative estimate of drug-likeness (QED) is 0.273. The summed E-state index contributed by atoms with van der Waals surface area (Å²) in [5, 5.41) is 0. The lowest BCUT2D eigenvalue weighted by Gasteiger charge is -2.43. The highest BCUT2D eigenvalue weighted by atomic mass is 28.4. The van der Waals surface area contributed by atoms with Crippen LogP contribution in [0.25, 0.3) is 0 Å². The molecular weight excluding hydrogens is 513 g/mol. The average Bonchev–Trinajstić information content (AvgIpc) is 3.77. The lowest BCUT2D eigenvalue weighted by molar-refractivity contribution is -0.233. The Kier molecular flexibility index (Phi) is 10.4. The van der Waals surface area contributed by atoms with Crippen LogP contribution in [0, 0.1) is 0 Å². The number of likely N-dealkylation sites (tertiary alicyclic amines) is 2. The Morgan fingerprint density at radius 1 is 0.868 bits per heavy atom. The van der Waals surface area contributed by atoms with Gasteiger partial charge in [0.25, 0.3) is 5.91 Å². The zero-order valence-electron chi connectivity index (χ0n) is 25.1. The van der Waals surface area contributed by atoms with Crippen LogP contribution in [-0.4, -0.2) is 95.8 Å². The van der Waals surface area contributed by atoms with Crippen molar-refractivity contribution >= 4 is 22.5 Å². The van der Waals surface area contributed by atoms with Crippen LogP contribution in [0.3, 0.4) is 0 Å². The summed E-state index contributed by atoms with van der Waals surface area (Å²) >= 11 is 0. The molecule has 0 bridgehead atoms. The average molecular weight is 567 g/mol. The predicted molar refractivity (Wildman–Crippen MR) is 157 cm³/mol. The lowest BCUT2D eigenvalue weighted by Crippen LogP contribution is -2.58. The van der Waals surface area contributed by atoms with Gasteiger partial charge in [0, 0.05) is 24.7 Å². The van der Waals surface area contributed by atoms with Gasteiger partial charge in [0.15, 0.2) is 16.6 Å². The van der Waals surface area contributed by atoms with Crippen LogP contribution in [0.15, 0.2) is 11.6 Å². The van der Waals surface area contributed by atoms with Gasteiger partial charge in [-0.1, -0.05) is 41.5 Å². The van der Waals surface area contributed by atoms with E-state index in [0.29, 0.717) is 13.2 Å². The van der Waals surface area contributed by atoms with Crippen molar-refractivity contribution in [2.45, 2.75) is 128 Å². The normalized spacial score (nSPS) is 28.1. The van der Waals surface area contributed by atoms with Gasteiger partial charge in [-0.2, -0.15) is 0 Å². The molecule has 3 atom stereocenters. The van der Waals surface area contributed by atoms with E-state index in [4.69, 9.17) is 18.3 Å². The highest BCUT2D eigenvalue weighted by Gasteiger charge is 2.62. The van der Waals surface area contributed by atoms with E-state index < -0.39 is 34.6 Å². The molecule has 3 aliphatic heterocycles. The van der Waals surface area contributed by atoms with Gasteiger partial charge in [0.05, 0.1) is 13.2 Å². The Morgan fingerprint density at radius 2 is 1.42 bits per heavy atom. The fraction of sp³-hybridized carbons (Fsp3) is 0.897. The number of amides is 1. The van der Waals surface area contributed by atoms with E-state index in [1.165, 1.54) is 12.8 Å². The zero-order valence-corrected chi connectivity index (χ0v) is 27.1. The first-order valence-corrected chi connectivity index (χ1v) is 20.8. The monoisotopic (exact) mass is 566 g/mol. The minimum atomic E-state index is -2.09. The van der Waals surface area contributed by atoms with E-state index in [1.807, 2.05) is 0 Å². The fourth-order valence-corrected chi connectivity index (χ4v) is 12.7. The predicted octanol–water partition coefficient (Wildman–Crippen LogP) is 5.54. The van der Waals surface area contributed by atoms with Crippen LogP contribution in [0.4, 0.5) is 0 Å². The second-order valence-corrected chi connectivity index (χ2v) is 21.3. The van der Waals surface area contributed by atoms with Crippen LogP contribution >= 0.6 is 0 Å². The van der Waals surface area contributed by atoms with Crippen LogP contribution in [0.5, 0.6) is 0 Å².